The van der Waals surface area contributed by atoms with Crippen LogP contribution in [0.1, 0.15) is 25.3 Å². The molecule has 2 N–H and O–H groups in total. The molecule has 4 heteroatoms. The summed E-state index contributed by atoms with van der Waals surface area (Å²) in [7, 11) is 0. The van der Waals surface area contributed by atoms with E-state index in [1.165, 1.54) is 16.3 Å². The van der Waals surface area contributed by atoms with Gasteiger partial charge in [-0.2, -0.15) is 0 Å². The molecule has 0 spiro atoms. The maximum atomic E-state index is 9.91. The van der Waals surface area contributed by atoms with Crippen LogP contribution in [0.15, 0.2) is 75.6 Å². The van der Waals surface area contributed by atoms with Gasteiger partial charge in [-0.05, 0) is 81.6 Å². The highest BCUT2D eigenvalue weighted by Gasteiger charge is 2.15. The Morgan fingerprint density at radius 3 is 1.55 bits per heavy atom. The molecule has 2 aromatic heterocycles. The zero-order chi connectivity index (χ0) is 22.4. The molecule has 0 aliphatic carbocycles. The fourth-order valence-corrected chi connectivity index (χ4v) is 4.94. The first-order chi connectivity index (χ1) is 15.9. The van der Waals surface area contributed by atoms with Gasteiger partial charge in [-0.25, -0.2) is 0 Å². The Morgan fingerprint density at radius 1 is 0.515 bits per heavy atom. The zero-order valence-corrected chi connectivity index (χ0v) is 18.1. The van der Waals surface area contributed by atoms with Gasteiger partial charge in [-0.1, -0.05) is 32.0 Å². The van der Waals surface area contributed by atoms with Gasteiger partial charge < -0.3 is 19.0 Å². The topological polar surface area (TPSA) is 66.7 Å². The van der Waals surface area contributed by atoms with Crippen LogP contribution in [0.4, 0.5) is 0 Å². The third-order valence-corrected chi connectivity index (χ3v) is 6.76. The first-order valence-electron chi connectivity index (χ1n) is 11.1. The summed E-state index contributed by atoms with van der Waals surface area (Å²) in [4.78, 5) is 0. The zero-order valence-electron chi connectivity index (χ0n) is 18.1. The molecule has 2 heterocycles. The van der Waals surface area contributed by atoms with Crippen molar-refractivity contribution in [2.45, 2.75) is 19.8 Å². The molecule has 0 fully saturated rings. The van der Waals surface area contributed by atoms with E-state index in [1.54, 1.807) is 12.1 Å². The summed E-state index contributed by atoms with van der Waals surface area (Å²) in [6.07, 6.45) is 0. The first-order valence-corrected chi connectivity index (χ1v) is 11.1. The summed E-state index contributed by atoms with van der Waals surface area (Å²) in [6.45, 7) is 4.40. The Kier molecular flexibility index (Phi) is 3.46. The summed E-state index contributed by atoms with van der Waals surface area (Å²) >= 11 is 0. The number of aromatic hydroxyl groups is 2. The number of hydrogen-bond donors (Lipinski definition) is 2. The molecule has 0 unspecified atom stereocenters. The average molecular weight is 432 g/mol. The minimum Gasteiger partial charge on any atom is -0.504 e. The third-order valence-electron chi connectivity index (χ3n) is 6.76. The highest BCUT2D eigenvalue weighted by Crippen LogP contribution is 2.40. The van der Waals surface area contributed by atoms with Crippen LogP contribution < -0.4 is 0 Å². The molecule has 0 saturated heterocycles. The van der Waals surface area contributed by atoms with Crippen molar-refractivity contribution in [2.24, 2.45) is 0 Å². The number of furan rings is 2. The van der Waals surface area contributed by atoms with E-state index < -0.39 is 0 Å². The minimum atomic E-state index is -0.144. The molecule has 160 valence electrons. The van der Waals surface area contributed by atoms with Crippen molar-refractivity contribution in [3.63, 3.8) is 0 Å². The Bertz CT molecular complexity index is 1920. The van der Waals surface area contributed by atoms with E-state index >= 15 is 0 Å². The van der Waals surface area contributed by atoms with Gasteiger partial charge in [-0.15, -0.1) is 0 Å². The van der Waals surface area contributed by atoms with Crippen molar-refractivity contribution in [1.29, 1.82) is 0 Å². The monoisotopic (exact) mass is 432 g/mol. The fourth-order valence-electron chi connectivity index (χ4n) is 4.94. The van der Waals surface area contributed by atoms with E-state index in [1.807, 2.05) is 24.3 Å². The van der Waals surface area contributed by atoms with E-state index in [4.69, 9.17) is 8.83 Å². The lowest BCUT2D eigenvalue weighted by Gasteiger charge is -2.06. The molecule has 0 aliphatic heterocycles. The molecule has 0 aliphatic rings. The second-order valence-corrected chi connectivity index (χ2v) is 9.19. The van der Waals surface area contributed by atoms with Gasteiger partial charge in [0.05, 0.1) is 0 Å². The number of fused-ring (bicyclic) bond motifs is 8. The summed E-state index contributed by atoms with van der Waals surface area (Å²) in [5, 5.41) is 27.8. The number of benzene rings is 5. The van der Waals surface area contributed by atoms with E-state index in [0.717, 1.165) is 54.6 Å². The molecule has 0 atom stereocenters. The van der Waals surface area contributed by atoms with E-state index in [9.17, 15) is 10.2 Å². The summed E-state index contributed by atoms with van der Waals surface area (Å²) in [5.41, 5.74) is 4.49. The van der Waals surface area contributed by atoms with Gasteiger partial charge in [-0.3, -0.25) is 0 Å². The number of phenols is 2. The Labute approximate surface area is 188 Å². The summed E-state index contributed by atoms with van der Waals surface area (Å²) in [6, 6.07) is 22.0. The Balaban J connectivity index is 1.52. The van der Waals surface area contributed by atoms with Crippen LogP contribution >= 0.6 is 0 Å². The maximum Gasteiger partial charge on any atom is 0.158 e. The second kappa shape index (κ2) is 6.20. The van der Waals surface area contributed by atoms with Crippen LogP contribution in [0.5, 0.6) is 11.5 Å². The van der Waals surface area contributed by atoms with Crippen LogP contribution in [0.25, 0.3) is 65.4 Å². The molecular weight excluding hydrogens is 412 g/mol. The molecule has 5 aromatic carbocycles. The quantitative estimate of drug-likeness (QED) is 0.256. The molecule has 0 amide bonds. The normalized spacial score (nSPS) is 12.5. The fraction of sp³-hybridized carbons (Fsp3) is 0.103. The predicted octanol–water partition coefficient (Wildman–Crippen LogP) is 8.33. The van der Waals surface area contributed by atoms with Crippen LogP contribution in [0.2, 0.25) is 0 Å². The molecule has 0 saturated carbocycles. The molecule has 33 heavy (non-hydrogen) atoms. The largest absolute Gasteiger partial charge is 0.504 e. The second-order valence-electron chi connectivity index (χ2n) is 9.19. The van der Waals surface area contributed by atoms with Crippen LogP contribution in [-0.4, -0.2) is 10.2 Å². The van der Waals surface area contributed by atoms with Gasteiger partial charge in [0.2, 0.25) is 0 Å². The van der Waals surface area contributed by atoms with Crippen molar-refractivity contribution in [2.75, 3.05) is 0 Å². The maximum absolute atomic E-state index is 9.91. The number of rotatable bonds is 1. The number of phenolic OH excluding ortho intramolecular Hbond substituents is 2. The van der Waals surface area contributed by atoms with Gasteiger partial charge in [0.25, 0.3) is 0 Å². The number of hydrogen-bond acceptors (Lipinski definition) is 4. The highest BCUT2D eigenvalue weighted by atomic mass is 16.3. The van der Waals surface area contributed by atoms with Crippen molar-refractivity contribution < 1.29 is 19.0 Å². The van der Waals surface area contributed by atoms with Crippen LogP contribution in [0.3, 0.4) is 0 Å². The van der Waals surface area contributed by atoms with Gasteiger partial charge in [0.15, 0.2) is 11.5 Å². The minimum absolute atomic E-state index is 0.137. The molecule has 4 nitrogen and oxygen atoms in total. The smallest absolute Gasteiger partial charge is 0.158 e. The van der Waals surface area contributed by atoms with Gasteiger partial charge in [0, 0.05) is 21.5 Å². The van der Waals surface area contributed by atoms with Crippen LogP contribution in [0, 0.1) is 0 Å². The molecule has 7 aromatic rings. The van der Waals surface area contributed by atoms with E-state index in [0.29, 0.717) is 5.92 Å². The lowest BCUT2D eigenvalue weighted by Crippen LogP contribution is -1.86. The summed E-state index contributed by atoms with van der Waals surface area (Å²) in [5.74, 6) is 0.194. The Morgan fingerprint density at radius 2 is 0.970 bits per heavy atom. The van der Waals surface area contributed by atoms with Crippen molar-refractivity contribution >= 4 is 65.4 Å². The third kappa shape index (κ3) is 2.58. The van der Waals surface area contributed by atoms with E-state index in [-0.39, 0.29) is 11.5 Å². The SMILES string of the molecule is CC(C)c1ccc2cc3c(cc2c1)oc1cc2c(cc13)oc1cc3cc(O)c(O)cc3cc12. The molecule has 0 bridgehead atoms. The van der Waals surface area contributed by atoms with Crippen molar-refractivity contribution in [3.8, 4) is 11.5 Å². The van der Waals surface area contributed by atoms with E-state index in [2.05, 4.69) is 44.2 Å². The van der Waals surface area contributed by atoms with Gasteiger partial charge >= 0.3 is 0 Å². The standard InChI is InChI=1S/C29H20O4/c1-14(2)15-3-4-16-6-20-22-12-29-23(13-28(22)32-26(20)10-17(16)5-15)21-7-18-8-24(30)25(31)9-19(18)11-27(21)33-29/h3-14,30-31H,1-2H3. The first kappa shape index (κ1) is 18.4. The molecule has 7 rings (SSSR count). The van der Waals surface area contributed by atoms with Gasteiger partial charge in [0.1, 0.15) is 22.3 Å². The Hall–Kier alpha value is -4.18. The average Bonchev–Trinajstić information content (AvgIpc) is 3.31. The van der Waals surface area contributed by atoms with Crippen LogP contribution in [-0.2, 0) is 0 Å². The lowest BCUT2D eigenvalue weighted by atomic mass is 9.98. The summed E-state index contributed by atoms with van der Waals surface area (Å²) < 4.78 is 12.5. The molecular formula is C29H20O4. The van der Waals surface area contributed by atoms with Crippen molar-refractivity contribution in [1.82, 2.24) is 0 Å². The predicted molar refractivity (Wildman–Crippen MR) is 133 cm³/mol. The van der Waals surface area contributed by atoms with Crippen molar-refractivity contribution in [3.05, 3.63) is 72.3 Å². The lowest BCUT2D eigenvalue weighted by molar-refractivity contribution is 0.405. The highest BCUT2D eigenvalue weighted by molar-refractivity contribution is 6.18. The molecule has 0 radical (unpaired) electrons.